The topological polar surface area (TPSA) is 43.1 Å². The van der Waals surface area contributed by atoms with Crippen LogP contribution in [0.3, 0.4) is 0 Å². The molecule has 0 amide bonds. The SMILES string of the molecule is O=[N+]([O-])C=CCCCI. The van der Waals surface area contributed by atoms with E-state index in [0.29, 0.717) is 0 Å². The van der Waals surface area contributed by atoms with Gasteiger partial charge in [0.1, 0.15) is 0 Å². The predicted molar refractivity (Wildman–Crippen MR) is 44.3 cm³/mol. The minimum absolute atomic E-state index is 0.437. The first kappa shape index (κ1) is 8.87. The summed E-state index contributed by atoms with van der Waals surface area (Å²) in [4.78, 5) is 9.24. The first-order valence-corrected chi connectivity index (χ1v) is 4.16. The molecule has 52 valence electrons. The molecule has 0 unspecified atom stereocenters. The summed E-state index contributed by atoms with van der Waals surface area (Å²) >= 11 is 2.24. The summed E-state index contributed by atoms with van der Waals surface area (Å²) in [6, 6.07) is 0. The number of alkyl halides is 1. The fourth-order valence-electron chi connectivity index (χ4n) is 0.356. The van der Waals surface area contributed by atoms with Crippen molar-refractivity contribution in [3.8, 4) is 0 Å². The number of unbranched alkanes of at least 4 members (excludes halogenated alkanes) is 1. The Bertz CT molecular complexity index is 114. The summed E-state index contributed by atoms with van der Waals surface area (Å²) in [6.07, 6.45) is 4.40. The van der Waals surface area contributed by atoms with E-state index in [9.17, 15) is 10.1 Å². The lowest BCUT2D eigenvalue weighted by Gasteiger charge is -1.82. The number of halogens is 1. The average Bonchev–Trinajstić information content (AvgIpc) is 1.80. The van der Waals surface area contributed by atoms with Crippen LogP contribution in [0.5, 0.6) is 0 Å². The van der Waals surface area contributed by atoms with Gasteiger partial charge < -0.3 is 0 Å². The first-order valence-electron chi connectivity index (χ1n) is 2.63. The van der Waals surface area contributed by atoms with Crippen LogP contribution in [0.4, 0.5) is 0 Å². The Morgan fingerprint density at radius 3 is 2.78 bits per heavy atom. The second kappa shape index (κ2) is 6.00. The molecular formula is C5H8INO2. The third-order valence-corrected chi connectivity index (χ3v) is 1.49. The molecule has 0 atom stereocenters. The third kappa shape index (κ3) is 7.87. The van der Waals surface area contributed by atoms with Gasteiger partial charge in [-0.25, -0.2) is 0 Å². The molecular weight excluding hydrogens is 233 g/mol. The minimum atomic E-state index is -0.437. The monoisotopic (exact) mass is 241 g/mol. The fraction of sp³-hybridized carbons (Fsp3) is 0.600. The lowest BCUT2D eigenvalue weighted by molar-refractivity contribution is -0.402. The van der Waals surface area contributed by atoms with Crippen LogP contribution in [0, 0.1) is 10.1 Å². The third-order valence-electron chi connectivity index (χ3n) is 0.732. The maximum absolute atomic E-state index is 9.68. The second-order valence-electron chi connectivity index (χ2n) is 1.50. The molecule has 0 aromatic rings. The van der Waals surface area contributed by atoms with Crippen molar-refractivity contribution in [1.82, 2.24) is 0 Å². The van der Waals surface area contributed by atoms with Crippen LogP contribution >= 0.6 is 22.6 Å². The smallest absolute Gasteiger partial charge is 0.230 e. The van der Waals surface area contributed by atoms with Crippen LogP contribution in [0.2, 0.25) is 0 Å². The first-order chi connectivity index (χ1) is 4.27. The number of hydrogen-bond donors (Lipinski definition) is 0. The molecule has 0 aliphatic heterocycles. The van der Waals surface area contributed by atoms with Crippen LogP contribution in [0.15, 0.2) is 12.3 Å². The average molecular weight is 241 g/mol. The van der Waals surface area contributed by atoms with Gasteiger partial charge in [-0.2, -0.15) is 0 Å². The van der Waals surface area contributed by atoms with E-state index in [1.54, 1.807) is 6.08 Å². The van der Waals surface area contributed by atoms with Crippen molar-refractivity contribution in [3.63, 3.8) is 0 Å². The van der Waals surface area contributed by atoms with Crippen molar-refractivity contribution < 1.29 is 4.92 Å². The summed E-state index contributed by atoms with van der Waals surface area (Å²) < 4.78 is 1.06. The Morgan fingerprint density at radius 2 is 2.33 bits per heavy atom. The van der Waals surface area contributed by atoms with E-state index in [1.807, 2.05) is 0 Å². The quantitative estimate of drug-likeness (QED) is 0.248. The number of hydrogen-bond acceptors (Lipinski definition) is 2. The van der Waals surface area contributed by atoms with E-state index in [2.05, 4.69) is 22.6 Å². The van der Waals surface area contributed by atoms with E-state index < -0.39 is 4.92 Å². The number of nitrogens with zero attached hydrogens (tertiary/aromatic N) is 1. The van der Waals surface area contributed by atoms with Crippen LogP contribution in [-0.4, -0.2) is 9.35 Å². The highest BCUT2D eigenvalue weighted by atomic mass is 127. The standard InChI is InChI=1S/C5H8INO2/c6-4-2-1-3-5-7(8)9/h3,5H,1-2,4H2. The molecule has 0 bridgehead atoms. The van der Waals surface area contributed by atoms with Gasteiger partial charge in [-0.1, -0.05) is 22.6 Å². The number of rotatable bonds is 4. The summed E-state index contributed by atoms with van der Waals surface area (Å²) in [6.45, 7) is 0. The molecule has 0 aliphatic carbocycles. The summed E-state index contributed by atoms with van der Waals surface area (Å²) in [5, 5.41) is 9.68. The van der Waals surface area contributed by atoms with E-state index >= 15 is 0 Å². The summed E-state index contributed by atoms with van der Waals surface area (Å²) in [5.41, 5.74) is 0. The van der Waals surface area contributed by atoms with Gasteiger partial charge in [0.05, 0.1) is 4.92 Å². The van der Waals surface area contributed by atoms with Crippen molar-refractivity contribution in [1.29, 1.82) is 0 Å². The maximum Gasteiger partial charge on any atom is 0.230 e. The van der Waals surface area contributed by atoms with Gasteiger partial charge in [0, 0.05) is 0 Å². The molecule has 0 aromatic carbocycles. The van der Waals surface area contributed by atoms with Gasteiger partial charge in [0.25, 0.3) is 0 Å². The summed E-state index contributed by atoms with van der Waals surface area (Å²) in [7, 11) is 0. The van der Waals surface area contributed by atoms with Crippen molar-refractivity contribution in [2.45, 2.75) is 12.8 Å². The molecule has 0 rings (SSSR count). The molecule has 0 fully saturated rings. The lowest BCUT2D eigenvalue weighted by atomic mass is 10.3. The van der Waals surface area contributed by atoms with Crippen molar-refractivity contribution in [3.05, 3.63) is 22.4 Å². The second-order valence-corrected chi connectivity index (χ2v) is 2.58. The zero-order valence-corrected chi connectivity index (χ0v) is 7.08. The Morgan fingerprint density at radius 1 is 1.67 bits per heavy atom. The van der Waals surface area contributed by atoms with Crippen LogP contribution < -0.4 is 0 Å². The zero-order valence-electron chi connectivity index (χ0n) is 4.92. The molecule has 0 saturated carbocycles. The highest BCUT2D eigenvalue weighted by molar-refractivity contribution is 14.1. The molecule has 0 aromatic heterocycles. The number of allylic oxidation sites excluding steroid dienone is 1. The zero-order chi connectivity index (χ0) is 7.11. The Kier molecular flexibility index (Phi) is 5.91. The maximum atomic E-state index is 9.68. The highest BCUT2D eigenvalue weighted by Gasteiger charge is 1.83. The van der Waals surface area contributed by atoms with Gasteiger partial charge in [-0.3, -0.25) is 10.1 Å². The Labute approximate surface area is 67.4 Å². The van der Waals surface area contributed by atoms with Crippen LogP contribution in [0.1, 0.15) is 12.8 Å². The van der Waals surface area contributed by atoms with Gasteiger partial charge in [0.2, 0.25) is 6.20 Å². The summed E-state index contributed by atoms with van der Waals surface area (Å²) in [5.74, 6) is 0. The molecule has 0 heterocycles. The van der Waals surface area contributed by atoms with E-state index in [1.165, 1.54) is 0 Å². The van der Waals surface area contributed by atoms with Gasteiger partial charge in [-0.05, 0) is 23.3 Å². The van der Waals surface area contributed by atoms with E-state index in [0.717, 1.165) is 23.5 Å². The molecule has 3 nitrogen and oxygen atoms in total. The Hall–Kier alpha value is -0.130. The minimum Gasteiger partial charge on any atom is -0.259 e. The van der Waals surface area contributed by atoms with Gasteiger partial charge >= 0.3 is 0 Å². The molecule has 9 heavy (non-hydrogen) atoms. The van der Waals surface area contributed by atoms with E-state index in [-0.39, 0.29) is 0 Å². The highest BCUT2D eigenvalue weighted by Crippen LogP contribution is 1.94. The lowest BCUT2D eigenvalue weighted by Crippen LogP contribution is -1.82. The molecule has 0 radical (unpaired) electrons. The van der Waals surface area contributed by atoms with Crippen LogP contribution in [-0.2, 0) is 0 Å². The predicted octanol–water partition coefficient (Wildman–Crippen LogP) is 1.99. The van der Waals surface area contributed by atoms with Gasteiger partial charge in [-0.15, -0.1) is 0 Å². The molecule has 0 spiro atoms. The van der Waals surface area contributed by atoms with Crippen molar-refractivity contribution in [2.75, 3.05) is 4.43 Å². The van der Waals surface area contributed by atoms with Gasteiger partial charge in [0.15, 0.2) is 0 Å². The molecule has 4 heteroatoms. The van der Waals surface area contributed by atoms with Crippen molar-refractivity contribution >= 4 is 22.6 Å². The molecule has 0 saturated heterocycles. The van der Waals surface area contributed by atoms with E-state index in [4.69, 9.17) is 0 Å². The normalized spacial score (nSPS) is 10.3. The largest absolute Gasteiger partial charge is 0.259 e. The number of nitro groups is 1. The Balaban J connectivity index is 3.15. The van der Waals surface area contributed by atoms with Crippen LogP contribution in [0.25, 0.3) is 0 Å². The fourth-order valence-corrected chi connectivity index (χ4v) is 0.796. The van der Waals surface area contributed by atoms with Crippen molar-refractivity contribution in [2.24, 2.45) is 0 Å². The molecule has 0 N–H and O–H groups in total. The molecule has 0 aliphatic rings.